The molecule has 1 aromatic heterocycles. The zero-order valence-corrected chi connectivity index (χ0v) is 7.59. The first-order valence-corrected chi connectivity index (χ1v) is 4.11. The highest BCUT2D eigenvalue weighted by molar-refractivity contribution is 6.36. The van der Waals surface area contributed by atoms with Gasteiger partial charge in [0.1, 0.15) is 11.9 Å². The molecule has 0 atom stereocenters. The molecule has 0 aliphatic carbocycles. The largest absolute Gasteiger partial charge is 0.207 e. The molecule has 0 aliphatic rings. The van der Waals surface area contributed by atoms with Crippen LogP contribution < -0.4 is 0 Å². The Kier molecular flexibility index (Phi) is 2.02. The van der Waals surface area contributed by atoms with Gasteiger partial charge in [-0.15, -0.1) is 10.2 Å². The molecule has 14 heavy (non-hydrogen) atoms. The van der Waals surface area contributed by atoms with E-state index >= 15 is 0 Å². The van der Waals surface area contributed by atoms with Crippen molar-refractivity contribution in [1.82, 2.24) is 10.2 Å². The molecule has 2 rings (SSSR count). The fourth-order valence-corrected chi connectivity index (χ4v) is 1.35. The van der Waals surface area contributed by atoms with E-state index in [-0.39, 0.29) is 10.7 Å². The third-order valence-electron chi connectivity index (χ3n) is 1.77. The number of fused-ring (bicyclic) bond motifs is 1. The van der Waals surface area contributed by atoms with Gasteiger partial charge in [0, 0.05) is 5.39 Å². The van der Waals surface area contributed by atoms with E-state index in [0.717, 1.165) is 0 Å². The second-order valence-corrected chi connectivity index (χ2v) is 3.01. The van der Waals surface area contributed by atoms with Crippen molar-refractivity contribution < 1.29 is 4.39 Å². The van der Waals surface area contributed by atoms with E-state index < -0.39 is 5.82 Å². The van der Waals surface area contributed by atoms with Crippen LogP contribution in [0, 0.1) is 17.1 Å². The summed E-state index contributed by atoms with van der Waals surface area (Å²) in [6.45, 7) is 0. The number of halogens is 2. The van der Waals surface area contributed by atoms with Crippen LogP contribution in [0.3, 0.4) is 0 Å². The quantitative estimate of drug-likeness (QED) is 0.666. The summed E-state index contributed by atoms with van der Waals surface area (Å²) < 4.78 is 12.9. The van der Waals surface area contributed by atoms with Crippen LogP contribution >= 0.6 is 11.6 Å². The van der Waals surface area contributed by atoms with Gasteiger partial charge < -0.3 is 0 Å². The molecule has 0 aliphatic heterocycles. The molecule has 68 valence electrons. The van der Waals surface area contributed by atoms with Crippen molar-refractivity contribution in [1.29, 1.82) is 5.26 Å². The van der Waals surface area contributed by atoms with Crippen molar-refractivity contribution in [2.45, 2.75) is 0 Å². The van der Waals surface area contributed by atoms with E-state index in [1.807, 2.05) is 0 Å². The summed E-state index contributed by atoms with van der Waals surface area (Å²) in [6.07, 6.45) is 0. The number of hydrogen-bond donors (Lipinski definition) is 0. The maximum absolute atomic E-state index is 12.9. The highest BCUT2D eigenvalue weighted by Crippen LogP contribution is 2.24. The van der Waals surface area contributed by atoms with E-state index in [9.17, 15) is 4.39 Å². The number of benzene rings is 1. The van der Waals surface area contributed by atoms with Gasteiger partial charge in [-0.2, -0.15) is 5.26 Å². The van der Waals surface area contributed by atoms with Gasteiger partial charge in [-0.3, -0.25) is 0 Å². The maximum Gasteiger partial charge on any atom is 0.182 e. The first-order valence-electron chi connectivity index (χ1n) is 3.74. The maximum atomic E-state index is 12.9. The van der Waals surface area contributed by atoms with Crippen molar-refractivity contribution in [3.8, 4) is 6.07 Å². The number of nitrogens with zero attached hydrogens (tertiary/aromatic N) is 3. The molecule has 0 unspecified atom stereocenters. The van der Waals surface area contributed by atoms with Crippen LogP contribution in [0.1, 0.15) is 5.69 Å². The molecule has 0 amide bonds. The molecule has 0 saturated carbocycles. The minimum absolute atomic E-state index is 0.00441. The number of rotatable bonds is 0. The molecule has 0 saturated heterocycles. The summed E-state index contributed by atoms with van der Waals surface area (Å²) in [5, 5.41) is 16.5. The highest BCUT2D eigenvalue weighted by atomic mass is 35.5. The van der Waals surface area contributed by atoms with Crippen LogP contribution in [0.15, 0.2) is 18.2 Å². The van der Waals surface area contributed by atoms with Crippen molar-refractivity contribution >= 4 is 22.5 Å². The summed E-state index contributed by atoms with van der Waals surface area (Å²) in [5.41, 5.74) is 0.472. The van der Waals surface area contributed by atoms with Crippen LogP contribution in [0.5, 0.6) is 0 Å². The third kappa shape index (κ3) is 1.28. The number of aromatic nitrogens is 2. The van der Waals surface area contributed by atoms with Gasteiger partial charge in [0.15, 0.2) is 5.69 Å². The first-order chi connectivity index (χ1) is 6.72. The van der Waals surface area contributed by atoms with Crippen molar-refractivity contribution in [3.63, 3.8) is 0 Å². The second-order valence-electron chi connectivity index (χ2n) is 2.64. The average molecular weight is 208 g/mol. The van der Waals surface area contributed by atoms with Crippen LogP contribution in [0.25, 0.3) is 10.9 Å². The molecule has 2 aromatic rings. The highest BCUT2D eigenvalue weighted by Gasteiger charge is 2.08. The lowest BCUT2D eigenvalue weighted by Crippen LogP contribution is -1.91. The van der Waals surface area contributed by atoms with Crippen LogP contribution in [0.4, 0.5) is 4.39 Å². The normalized spacial score (nSPS) is 10.1. The molecule has 0 bridgehead atoms. The minimum atomic E-state index is -0.420. The zero-order valence-electron chi connectivity index (χ0n) is 6.83. The van der Waals surface area contributed by atoms with E-state index in [0.29, 0.717) is 10.9 Å². The van der Waals surface area contributed by atoms with E-state index in [4.69, 9.17) is 16.9 Å². The molecule has 0 N–H and O–H groups in total. The van der Waals surface area contributed by atoms with Crippen LogP contribution in [-0.2, 0) is 0 Å². The molecule has 0 spiro atoms. The van der Waals surface area contributed by atoms with E-state index in [2.05, 4.69) is 10.2 Å². The Morgan fingerprint density at radius 1 is 1.36 bits per heavy atom. The Morgan fingerprint density at radius 3 is 2.86 bits per heavy atom. The Balaban J connectivity index is 2.88. The molecule has 0 radical (unpaired) electrons. The molecule has 1 aromatic carbocycles. The lowest BCUT2D eigenvalue weighted by atomic mass is 10.2. The van der Waals surface area contributed by atoms with Crippen LogP contribution in [0.2, 0.25) is 5.02 Å². The lowest BCUT2D eigenvalue weighted by Gasteiger charge is -1.99. The van der Waals surface area contributed by atoms with Crippen molar-refractivity contribution in [2.24, 2.45) is 0 Å². The summed E-state index contributed by atoms with van der Waals surface area (Å²) in [5.74, 6) is -0.420. The van der Waals surface area contributed by atoms with Crippen molar-refractivity contribution in [3.05, 3.63) is 34.7 Å². The topological polar surface area (TPSA) is 49.6 Å². The lowest BCUT2D eigenvalue weighted by molar-refractivity contribution is 0.629. The van der Waals surface area contributed by atoms with Gasteiger partial charge in [-0.25, -0.2) is 4.39 Å². The summed E-state index contributed by atoms with van der Waals surface area (Å²) in [4.78, 5) is 0. The average Bonchev–Trinajstić information content (AvgIpc) is 2.20. The molecular formula is C9H3ClFN3. The Morgan fingerprint density at radius 2 is 2.14 bits per heavy atom. The number of nitriles is 1. The second kappa shape index (κ2) is 3.20. The Labute approximate surface area is 83.7 Å². The van der Waals surface area contributed by atoms with Gasteiger partial charge >= 0.3 is 0 Å². The smallest absolute Gasteiger partial charge is 0.182 e. The summed E-state index contributed by atoms with van der Waals surface area (Å²) in [7, 11) is 0. The summed E-state index contributed by atoms with van der Waals surface area (Å²) >= 11 is 5.82. The molecule has 0 fully saturated rings. The van der Waals surface area contributed by atoms with E-state index in [1.54, 1.807) is 6.07 Å². The molecule has 3 nitrogen and oxygen atoms in total. The fraction of sp³-hybridized carbons (Fsp3) is 0. The van der Waals surface area contributed by atoms with E-state index in [1.165, 1.54) is 18.2 Å². The first kappa shape index (κ1) is 8.85. The third-order valence-corrected chi connectivity index (χ3v) is 2.15. The molecular weight excluding hydrogens is 205 g/mol. The Hall–Kier alpha value is -1.73. The van der Waals surface area contributed by atoms with Crippen LogP contribution in [-0.4, -0.2) is 10.2 Å². The zero-order chi connectivity index (χ0) is 10.1. The van der Waals surface area contributed by atoms with Gasteiger partial charge in [-0.1, -0.05) is 11.6 Å². The SMILES string of the molecule is N#Cc1nnc2ccc(F)cc2c1Cl. The number of hydrogen-bond acceptors (Lipinski definition) is 3. The predicted molar refractivity (Wildman–Crippen MR) is 49.2 cm³/mol. The Bertz CT molecular complexity index is 547. The van der Waals surface area contributed by atoms with Gasteiger partial charge in [0.05, 0.1) is 10.5 Å². The predicted octanol–water partition coefficient (Wildman–Crippen LogP) is 2.29. The standard InChI is InChI=1S/C9H3ClFN3/c10-9-6-3-5(11)1-2-7(6)13-14-8(9)4-12/h1-3H. The summed E-state index contributed by atoms with van der Waals surface area (Å²) in [6, 6.07) is 5.73. The van der Waals surface area contributed by atoms with Gasteiger partial charge in [0.25, 0.3) is 0 Å². The fourth-order valence-electron chi connectivity index (χ4n) is 1.12. The molecule has 5 heteroatoms. The monoisotopic (exact) mass is 207 g/mol. The minimum Gasteiger partial charge on any atom is -0.207 e. The van der Waals surface area contributed by atoms with Crippen molar-refractivity contribution in [2.75, 3.05) is 0 Å². The van der Waals surface area contributed by atoms with Gasteiger partial charge in [-0.05, 0) is 18.2 Å². The molecule has 1 heterocycles. The van der Waals surface area contributed by atoms with Gasteiger partial charge in [0.2, 0.25) is 0 Å².